The molecule has 2 nitrogen and oxygen atoms in total. The molecule has 0 bridgehead atoms. The predicted molar refractivity (Wildman–Crippen MR) is 52.0 cm³/mol. The normalized spacial score (nSPS) is 10.2. The van der Waals surface area contributed by atoms with Crippen molar-refractivity contribution in [2.75, 3.05) is 0 Å². The second-order valence-corrected chi connectivity index (χ2v) is 3.72. The summed E-state index contributed by atoms with van der Waals surface area (Å²) in [6.45, 7) is 4.07. The molecule has 65 valence electrons. The highest BCUT2D eigenvalue weighted by atomic mass is 32.1. The molecule has 1 radical (unpaired) electrons. The van der Waals surface area contributed by atoms with Crippen LogP contribution < -0.4 is 0 Å². The van der Waals surface area contributed by atoms with Gasteiger partial charge in [0, 0.05) is 17.0 Å². The summed E-state index contributed by atoms with van der Waals surface area (Å²) < 4.78 is 0. The van der Waals surface area contributed by atoms with Crippen molar-refractivity contribution in [3.63, 3.8) is 0 Å². The zero-order valence-corrected chi connectivity index (χ0v) is 8.29. The van der Waals surface area contributed by atoms with Crippen molar-refractivity contribution in [2.24, 2.45) is 0 Å². The van der Waals surface area contributed by atoms with Gasteiger partial charge in [0.2, 0.25) is 0 Å². The summed E-state index contributed by atoms with van der Waals surface area (Å²) in [6.07, 6.45) is 2.72. The van der Waals surface area contributed by atoms with Crippen molar-refractivity contribution < 1.29 is 0 Å². The Morgan fingerprint density at radius 3 is 2.92 bits per heavy atom. The maximum Gasteiger partial charge on any atom is 0.152 e. The molecule has 0 aliphatic rings. The van der Waals surface area contributed by atoms with E-state index in [4.69, 9.17) is 5.41 Å². The molecule has 1 rings (SSSR count). The quantitative estimate of drug-likeness (QED) is 0.712. The number of aryl methyl sites for hydroxylation is 1. The van der Waals surface area contributed by atoms with Gasteiger partial charge in [-0.1, -0.05) is 13.3 Å². The fourth-order valence-corrected chi connectivity index (χ4v) is 1.76. The second kappa shape index (κ2) is 4.36. The number of rotatable bonds is 4. The Morgan fingerprint density at radius 2 is 2.42 bits per heavy atom. The number of hydrogen-bond acceptors (Lipinski definition) is 3. The van der Waals surface area contributed by atoms with Crippen LogP contribution in [0.4, 0.5) is 0 Å². The zero-order chi connectivity index (χ0) is 8.97. The summed E-state index contributed by atoms with van der Waals surface area (Å²) >= 11 is 1.53. The van der Waals surface area contributed by atoms with Gasteiger partial charge in [0.1, 0.15) is 0 Å². The van der Waals surface area contributed by atoms with Crippen LogP contribution in [0.15, 0.2) is 0 Å². The Balaban J connectivity index is 2.52. The molecule has 1 heterocycles. The van der Waals surface area contributed by atoms with Gasteiger partial charge < -0.3 is 5.41 Å². The summed E-state index contributed by atoms with van der Waals surface area (Å²) in [5.74, 6) is 0. The molecule has 3 heteroatoms. The Hall–Kier alpha value is -0.700. The predicted octanol–water partition coefficient (Wildman–Crippen LogP) is 2.61. The summed E-state index contributed by atoms with van der Waals surface area (Å²) in [5, 5.41) is 7.63. The molecule has 0 amide bonds. The lowest BCUT2D eigenvalue weighted by molar-refractivity contribution is 0.965. The molecule has 0 unspecified atom stereocenters. The smallest absolute Gasteiger partial charge is 0.152 e. The lowest BCUT2D eigenvalue weighted by atomic mass is 10.1. The molecular weight excluding hydrogens is 168 g/mol. The third kappa shape index (κ3) is 2.41. The van der Waals surface area contributed by atoms with Gasteiger partial charge in [-0.15, -0.1) is 11.3 Å². The van der Waals surface area contributed by atoms with Crippen LogP contribution >= 0.6 is 11.3 Å². The van der Waals surface area contributed by atoms with Crippen LogP contribution in [0.5, 0.6) is 0 Å². The van der Waals surface area contributed by atoms with Crippen molar-refractivity contribution in [1.82, 2.24) is 4.98 Å². The van der Waals surface area contributed by atoms with E-state index in [0.29, 0.717) is 0 Å². The number of thiazole rings is 1. The van der Waals surface area contributed by atoms with Gasteiger partial charge >= 0.3 is 0 Å². The minimum Gasteiger partial charge on any atom is -0.309 e. The first-order valence-electron chi connectivity index (χ1n) is 4.12. The molecule has 0 fully saturated rings. The molecule has 0 atom stereocenters. The van der Waals surface area contributed by atoms with Gasteiger partial charge in [-0.25, -0.2) is 4.98 Å². The molecule has 1 aromatic heterocycles. The van der Waals surface area contributed by atoms with E-state index in [2.05, 4.69) is 17.4 Å². The molecule has 1 aromatic rings. The molecule has 0 aliphatic carbocycles. The van der Waals surface area contributed by atoms with Crippen LogP contribution in [0.25, 0.3) is 0 Å². The van der Waals surface area contributed by atoms with E-state index in [-0.39, 0.29) is 0 Å². The van der Waals surface area contributed by atoms with Crippen LogP contribution in [0.1, 0.15) is 30.3 Å². The number of nitrogens with one attached hydrogen (secondary N) is 1. The number of nitrogens with zero attached hydrogens (tertiary/aromatic N) is 1. The standard InChI is InChI=1S/C9H13N2S/c1-3-4-8(10)5-9-7(2)11-6-12-9/h10H,3-5H2,1-2H3. The van der Waals surface area contributed by atoms with Crippen molar-refractivity contribution in [1.29, 1.82) is 5.41 Å². The third-order valence-corrected chi connectivity index (χ3v) is 2.58. The Morgan fingerprint density at radius 1 is 1.67 bits per heavy atom. The minimum atomic E-state index is 0.765. The number of aromatic nitrogens is 1. The van der Waals surface area contributed by atoms with Crippen molar-refractivity contribution in [3.8, 4) is 0 Å². The van der Waals surface area contributed by atoms with E-state index in [0.717, 1.165) is 30.7 Å². The lowest BCUT2D eigenvalue weighted by Crippen LogP contribution is -2.00. The van der Waals surface area contributed by atoms with E-state index in [1.165, 1.54) is 16.2 Å². The van der Waals surface area contributed by atoms with E-state index in [1.54, 1.807) is 0 Å². The van der Waals surface area contributed by atoms with Crippen molar-refractivity contribution >= 4 is 17.0 Å². The zero-order valence-electron chi connectivity index (χ0n) is 7.48. The highest BCUT2D eigenvalue weighted by Gasteiger charge is 2.04. The third-order valence-electron chi connectivity index (χ3n) is 1.71. The van der Waals surface area contributed by atoms with E-state index in [1.807, 2.05) is 6.92 Å². The van der Waals surface area contributed by atoms with Gasteiger partial charge in [0.15, 0.2) is 5.51 Å². The van der Waals surface area contributed by atoms with Gasteiger partial charge in [-0.05, 0) is 13.3 Å². The Labute approximate surface area is 77.2 Å². The largest absolute Gasteiger partial charge is 0.309 e. The Bertz CT molecular complexity index is 265. The van der Waals surface area contributed by atoms with Gasteiger partial charge in [-0.2, -0.15) is 0 Å². The average Bonchev–Trinajstić information content (AvgIpc) is 2.37. The molecule has 0 saturated carbocycles. The molecule has 0 aromatic carbocycles. The van der Waals surface area contributed by atoms with Crippen LogP contribution in [-0.4, -0.2) is 10.7 Å². The molecular formula is C9H13N2S. The average molecular weight is 181 g/mol. The first-order valence-corrected chi connectivity index (χ1v) is 4.94. The second-order valence-electron chi connectivity index (χ2n) is 2.84. The fraction of sp³-hybridized carbons (Fsp3) is 0.556. The maximum absolute atomic E-state index is 7.63. The monoisotopic (exact) mass is 181 g/mol. The summed E-state index contributed by atoms with van der Waals surface area (Å²) in [6, 6.07) is 0. The SMILES string of the molecule is CCCC(=N)Cc1s[c]nc1C. The molecule has 0 saturated heterocycles. The lowest BCUT2D eigenvalue weighted by Gasteiger charge is -1.99. The van der Waals surface area contributed by atoms with Gasteiger partial charge in [0.05, 0.1) is 5.69 Å². The maximum atomic E-state index is 7.63. The summed E-state index contributed by atoms with van der Waals surface area (Å²) in [4.78, 5) is 5.22. The van der Waals surface area contributed by atoms with Crippen molar-refractivity contribution in [3.05, 3.63) is 16.1 Å². The van der Waals surface area contributed by atoms with Crippen LogP contribution in [-0.2, 0) is 6.42 Å². The molecule has 0 aliphatic heterocycles. The van der Waals surface area contributed by atoms with Crippen molar-refractivity contribution in [2.45, 2.75) is 33.1 Å². The van der Waals surface area contributed by atoms with E-state index in [9.17, 15) is 0 Å². The fourth-order valence-electron chi connectivity index (χ4n) is 1.03. The minimum absolute atomic E-state index is 0.765. The number of hydrogen-bond donors (Lipinski definition) is 1. The van der Waals surface area contributed by atoms with Gasteiger partial charge in [0.25, 0.3) is 0 Å². The van der Waals surface area contributed by atoms with E-state index >= 15 is 0 Å². The highest BCUT2D eigenvalue weighted by molar-refractivity contribution is 7.09. The molecule has 0 spiro atoms. The Kier molecular flexibility index (Phi) is 3.41. The summed E-state index contributed by atoms with van der Waals surface area (Å²) in [7, 11) is 0. The van der Waals surface area contributed by atoms with Crippen LogP contribution in [0.3, 0.4) is 0 Å². The topological polar surface area (TPSA) is 36.7 Å². The van der Waals surface area contributed by atoms with Crippen LogP contribution in [0, 0.1) is 17.8 Å². The molecule has 1 N–H and O–H groups in total. The first-order chi connectivity index (χ1) is 5.74. The molecule has 12 heavy (non-hydrogen) atoms. The first kappa shape index (κ1) is 9.39. The summed E-state index contributed by atoms with van der Waals surface area (Å²) in [5.41, 5.74) is 4.67. The van der Waals surface area contributed by atoms with E-state index < -0.39 is 0 Å². The highest BCUT2D eigenvalue weighted by Crippen LogP contribution is 2.13. The van der Waals surface area contributed by atoms with Crippen LogP contribution in [0.2, 0.25) is 0 Å². The van der Waals surface area contributed by atoms with Gasteiger partial charge in [-0.3, -0.25) is 0 Å².